The number of H-pyrrole nitrogens is 2. The summed E-state index contributed by atoms with van der Waals surface area (Å²) in [5, 5.41) is 6.05. The summed E-state index contributed by atoms with van der Waals surface area (Å²) in [4.78, 5) is 75.0. The predicted octanol–water partition coefficient (Wildman–Crippen LogP) is 9.69. The number of aromatic nitrogens is 4. The molecule has 0 unspecified atom stereocenters. The number of ether oxygens (including phenoxy) is 2. The third kappa shape index (κ3) is 9.88. The number of benzene rings is 4. The Hall–Kier alpha value is -7.22. The van der Waals surface area contributed by atoms with Crippen molar-refractivity contribution in [2.24, 2.45) is 11.8 Å². The maximum Gasteiger partial charge on any atom is 0.250 e. The van der Waals surface area contributed by atoms with Crippen molar-refractivity contribution in [1.29, 1.82) is 0 Å². The normalized spacial score (nSPS) is 16.0. The number of carbonyl (C=O) groups is 4. The van der Waals surface area contributed by atoms with E-state index in [0.717, 1.165) is 86.7 Å². The fraction of sp³-hybridized carbons (Fsp3) is 0.382. The summed E-state index contributed by atoms with van der Waals surface area (Å²) < 4.78 is 13.0. The molecule has 0 spiro atoms. The van der Waals surface area contributed by atoms with Crippen LogP contribution in [0.25, 0.3) is 33.6 Å². The number of nitrogens with one attached hydrogen (secondary N) is 4. The molecule has 4 aromatic carbocycles. The zero-order chi connectivity index (χ0) is 48.3. The highest BCUT2D eigenvalue weighted by Gasteiger charge is 2.38. The zero-order valence-electron chi connectivity index (χ0n) is 40.3. The van der Waals surface area contributed by atoms with Crippen LogP contribution in [-0.4, -0.2) is 66.5 Å². The number of aromatic amines is 2. The SMILES string of the molecule is CCCN(C(=O)[C@H](NC(=O)CC(C)C)c1ccccc1)[C@@H](C)c1ncc(-c2cc3c4c(c2)OCc2cc(-c5cnc([C@@H]6CCCN6C(=O)[C@H](NC(=O)CC(C)C)c6ccccc6)[nH]5)cc(c2-4)OC3)[nH]1. The van der Waals surface area contributed by atoms with Gasteiger partial charge in [-0.2, -0.15) is 0 Å². The lowest BCUT2D eigenvalue weighted by Gasteiger charge is -2.32. The first kappa shape index (κ1) is 46.9. The first-order valence-electron chi connectivity index (χ1n) is 24.4. The minimum atomic E-state index is -0.830. The molecule has 14 nitrogen and oxygen atoms in total. The second-order valence-electron chi connectivity index (χ2n) is 19.4. The van der Waals surface area contributed by atoms with Crippen LogP contribution in [0, 0.1) is 11.8 Å². The van der Waals surface area contributed by atoms with Gasteiger partial charge in [0, 0.05) is 59.3 Å². The van der Waals surface area contributed by atoms with E-state index < -0.39 is 18.1 Å². The number of carbonyl (C=O) groups excluding carboxylic acids is 4. The third-order valence-electron chi connectivity index (χ3n) is 13.2. The van der Waals surface area contributed by atoms with Gasteiger partial charge in [0.05, 0.1) is 35.9 Å². The molecule has 358 valence electrons. The number of hydrogen-bond donors (Lipinski definition) is 4. The van der Waals surface area contributed by atoms with Crippen LogP contribution in [0.4, 0.5) is 0 Å². The fourth-order valence-electron chi connectivity index (χ4n) is 9.92. The molecule has 0 radical (unpaired) electrons. The second kappa shape index (κ2) is 20.2. The molecule has 3 aliphatic heterocycles. The Balaban J connectivity index is 0.934. The summed E-state index contributed by atoms with van der Waals surface area (Å²) in [6.45, 7) is 13.7. The monoisotopic (exact) mass is 930 g/mol. The van der Waals surface area contributed by atoms with Gasteiger partial charge in [-0.15, -0.1) is 0 Å². The summed E-state index contributed by atoms with van der Waals surface area (Å²) in [5.74, 6) is 2.51. The third-order valence-corrected chi connectivity index (χ3v) is 13.2. The van der Waals surface area contributed by atoms with Gasteiger partial charge in [0.1, 0.15) is 48.4 Å². The fourth-order valence-corrected chi connectivity index (χ4v) is 9.92. The molecule has 1 fully saturated rings. The van der Waals surface area contributed by atoms with Crippen molar-refractivity contribution in [3.8, 4) is 45.1 Å². The largest absolute Gasteiger partial charge is 0.488 e. The quantitative estimate of drug-likeness (QED) is 0.0700. The van der Waals surface area contributed by atoms with Crippen molar-refractivity contribution in [1.82, 2.24) is 40.4 Å². The number of imidazole rings is 2. The number of hydrogen-bond acceptors (Lipinski definition) is 8. The van der Waals surface area contributed by atoms with Crippen molar-refractivity contribution in [2.45, 2.75) is 111 Å². The molecule has 4 atom stereocenters. The van der Waals surface area contributed by atoms with Gasteiger partial charge in [0.2, 0.25) is 23.6 Å². The second-order valence-corrected chi connectivity index (χ2v) is 19.4. The lowest BCUT2D eigenvalue weighted by Crippen LogP contribution is -2.44. The van der Waals surface area contributed by atoms with Crippen LogP contribution in [0.2, 0.25) is 0 Å². The molecule has 4 N–H and O–H groups in total. The maximum atomic E-state index is 14.4. The molecule has 0 aliphatic carbocycles. The summed E-state index contributed by atoms with van der Waals surface area (Å²) in [7, 11) is 0. The first-order chi connectivity index (χ1) is 33.4. The van der Waals surface area contributed by atoms with Gasteiger partial charge in [0.15, 0.2) is 0 Å². The smallest absolute Gasteiger partial charge is 0.250 e. The van der Waals surface area contributed by atoms with Gasteiger partial charge < -0.3 is 39.9 Å². The number of amides is 4. The van der Waals surface area contributed by atoms with Crippen molar-refractivity contribution in [2.75, 3.05) is 13.1 Å². The minimum Gasteiger partial charge on any atom is -0.488 e. The maximum absolute atomic E-state index is 14.4. The van der Waals surface area contributed by atoms with Gasteiger partial charge in [-0.25, -0.2) is 9.97 Å². The summed E-state index contributed by atoms with van der Waals surface area (Å²) in [5.41, 5.74) is 8.85. The minimum absolute atomic E-state index is 0.148. The van der Waals surface area contributed by atoms with E-state index in [1.54, 1.807) is 11.1 Å². The highest BCUT2D eigenvalue weighted by molar-refractivity contribution is 5.91. The van der Waals surface area contributed by atoms with Gasteiger partial charge >= 0.3 is 0 Å². The molecule has 1 saturated heterocycles. The molecular formula is C55H62N8O6. The van der Waals surface area contributed by atoms with E-state index in [2.05, 4.69) is 32.7 Å². The molecule has 0 bridgehead atoms. The lowest BCUT2D eigenvalue weighted by atomic mass is 9.87. The zero-order valence-corrected chi connectivity index (χ0v) is 40.3. The van der Waals surface area contributed by atoms with Crippen LogP contribution < -0.4 is 20.1 Å². The van der Waals surface area contributed by atoms with Crippen LogP contribution in [0.15, 0.2) is 97.3 Å². The Kier molecular flexibility index (Phi) is 13.7. The predicted molar refractivity (Wildman–Crippen MR) is 263 cm³/mol. The summed E-state index contributed by atoms with van der Waals surface area (Å²) >= 11 is 0. The first-order valence-corrected chi connectivity index (χ1v) is 24.4. The Morgan fingerprint density at radius 2 is 1.26 bits per heavy atom. The molecule has 3 aliphatic rings. The molecule has 4 amide bonds. The van der Waals surface area contributed by atoms with Crippen LogP contribution in [0.3, 0.4) is 0 Å². The Morgan fingerprint density at radius 3 is 1.83 bits per heavy atom. The molecule has 6 aromatic rings. The molecule has 2 aromatic heterocycles. The average Bonchev–Trinajstić information content (AvgIpc) is 4.15. The van der Waals surface area contributed by atoms with E-state index in [4.69, 9.17) is 19.4 Å². The summed E-state index contributed by atoms with van der Waals surface area (Å²) in [6.07, 6.45) is 6.56. The molecule has 9 rings (SSSR count). The van der Waals surface area contributed by atoms with Gasteiger partial charge in [-0.3, -0.25) is 19.2 Å². The molecule has 0 saturated carbocycles. The number of nitrogens with zero attached hydrogens (tertiary/aromatic N) is 4. The molecular weight excluding hydrogens is 869 g/mol. The van der Waals surface area contributed by atoms with E-state index in [1.165, 1.54) is 0 Å². The van der Waals surface area contributed by atoms with Crippen molar-refractivity contribution >= 4 is 23.6 Å². The number of likely N-dealkylation sites (tertiary alicyclic amines) is 1. The highest BCUT2D eigenvalue weighted by atomic mass is 16.5. The van der Waals surface area contributed by atoms with Crippen LogP contribution in [-0.2, 0) is 32.4 Å². The van der Waals surface area contributed by atoms with E-state index >= 15 is 0 Å². The Morgan fingerprint density at radius 1 is 0.725 bits per heavy atom. The molecule has 69 heavy (non-hydrogen) atoms. The number of rotatable bonds is 17. The average molecular weight is 931 g/mol. The Labute approximate surface area is 403 Å². The topological polar surface area (TPSA) is 175 Å². The van der Waals surface area contributed by atoms with Crippen LogP contribution >= 0.6 is 0 Å². The molecule has 5 heterocycles. The van der Waals surface area contributed by atoms with Crippen molar-refractivity contribution in [3.05, 3.63) is 131 Å². The van der Waals surface area contributed by atoms with E-state index in [9.17, 15) is 19.2 Å². The van der Waals surface area contributed by atoms with Crippen molar-refractivity contribution < 1.29 is 28.7 Å². The van der Waals surface area contributed by atoms with E-state index in [1.807, 2.05) is 125 Å². The van der Waals surface area contributed by atoms with Gasteiger partial charge in [0.25, 0.3) is 0 Å². The standard InChI is InChI=1S/C55H62N8O6/c1-7-20-62(54(66)50(35-15-10-8-11-16-35)60-46(64)22-32(2)3)34(6)52-56-28-41(58-52)37-24-39-30-69-45-27-38(25-40-31-68-44(26-37)48(39)49(40)45)42-29-57-53(59-42)43-19-14-21-63(43)55(67)51(36-17-12-9-13-18-36)61-47(65)23-33(4)5/h8-13,15-18,24-29,32-34,43,50-51H,7,14,19-23,30-31H2,1-6H3,(H,56,58)(H,57,59)(H,60,64)(H,61,65)/t34-,43-,50+,51+/m0/s1. The summed E-state index contributed by atoms with van der Waals surface area (Å²) in [6, 6.07) is 24.8. The van der Waals surface area contributed by atoms with Gasteiger partial charge in [-0.05, 0) is 73.4 Å². The van der Waals surface area contributed by atoms with Gasteiger partial charge in [-0.1, -0.05) is 95.3 Å². The van der Waals surface area contributed by atoms with Crippen LogP contribution in [0.5, 0.6) is 11.5 Å². The van der Waals surface area contributed by atoms with Crippen LogP contribution in [0.1, 0.15) is 132 Å². The van der Waals surface area contributed by atoms with E-state index in [-0.39, 0.29) is 41.5 Å². The van der Waals surface area contributed by atoms with E-state index in [0.29, 0.717) is 50.8 Å². The lowest BCUT2D eigenvalue weighted by molar-refractivity contribution is -0.139. The Bertz CT molecular complexity index is 2790. The highest BCUT2D eigenvalue weighted by Crippen LogP contribution is 2.51. The molecule has 14 heteroatoms. The van der Waals surface area contributed by atoms with Crippen molar-refractivity contribution in [3.63, 3.8) is 0 Å².